The van der Waals surface area contributed by atoms with Gasteiger partial charge in [0.2, 0.25) is 0 Å². The van der Waals surface area contributed by atoms with Crippen LogP contribution >= 0.6 is 0 Å². The SMILES string of the molecule is CCO[Si](OCC)(OC(c1ccccc1)C(c1ccccc1)(c1ccccc1)c1ccccc1)c1ccccc1. The summed E-state index contributed by atoms with van der Waals surface area (Å²) in [4.78, 5) is 0. The van der Waals surface area contributed by atoms with Crippen molar-refractivity contribution in [2.45, 2.75) is 25.4 Å². The van der Waals surface area contributed by atoms with Gasteiger partial charge in [0.15, 0.2) is 0 Å². The normalized spacial score (nSPS) is 12.7. The van der Waals surface area contributed by atoms with Crippen LogP contribution in [0.1, 0.15) is 42.2 Å². The molecule has 0 radical (unpaired) electrons. The Kier molecular flexibility index (Phi) is 9.04. The lowest BCUT2D eigenvalue weighted by atomic mass is 9.64. The average Bonchev–Trinajstić information content (AvgIpc) is 3.03. The van der Waals surface area contributed by atoms with Gasteiger partial charge < -0.3 is 13.3 Å². The van der Waals surface area contributed by atoms with Crippen LogP contribution in [0.4, 0.5) is 0 Å². The predicted octanol–water partition coefficient (Wildman–Crippen LogP) is 7.70. The van der Waals surface area contributed by atoms with Crippen LogP contribution in [0.3, 0.4) is 0 Å². The van der Waals surface area contributed by atoms with E-state index >= 15 is 0 Å². The lowest BCUT2D eigenvalue weighted by Gasteiger charge is -2.45. The van der Waals surface area contributed by atoms with Crippen LogP contribution in [0.15, 0.2) is 152 Å². The Labute approximate surface area is 239 Å². The summed E-state index contributed by atoms with van der Waals surface area (Å²) < 4.78 is 20.7. The molecule has 0 aromatic heterocycles. The maximum absolute atomic E-state index is 7.51. The van der Waals surface area contributed by atoms with Gasteiger partial charge in [-0.1, -0.05) is 152 Å². The molecular weight excluding hydrogens is 508 g/mol. The molecule has 5 aromatic rings. The minimum atomic E-state index is -3.43. The highest BCUT2D eigenvalue weighted by Gasteiger charge is 2.53. The Balaban J connectivity index is 1.87. The zero-order valence-electron chi connectivity index (χ0n) is 23.2. The molecule has 5 rings (SSSR count). The molecule has 0 heterocycles. The van der Waals surface area contributed by atoms with E-state index < -0.39 is 20.3 Å². The topological polar surface area (TPSA) is 27.7 Å². The smallest absolute Gasteiger partial charge is 0.370 e. The highest BCUT2D eigenvalue weighted by Crippen LogP contribution is 2.51. The average molecular weight is 545 g/mol. The number of benzene rings is 5. The lowest BCUT2D eigenvalue weighted by molar-refractivity contribution is 0.0238. The van der Waals surface area contributed by atoms with Crippen molar-refractivity contribution in [3.63, 3.8) is 0 Å². The van der Waals surface area contributed by atoms with Gasteiger partial charge in [0, 0.05) is 18.4 Å². The van der Waals surface area contributed by atoms with Crippen LogP contribution in [-0.4, -0.2) is 22.0 Å². The quantitative estimate of drug-likeness (QED) is 0.119. The first-order chi connectivity index (χ1) is 19.7. The number of hydrogen-bond donors (Lipinski definition) is 0. The van der Waals surface area contributed by atoms with Gasteiger partial charge in [0.05, 0.1) is 11.5 Å². The molecular formula is C36H36O3Si. The van der Waals surface area contributed by atoms with E-state index in [2.05, 4.69) is 127 Å². The summed E-state index contributed by atoms with van der Waals surface area (Å²) in [5.74, 6) is 0. The molecule has 0 bridgehead atoms. The van der Waals surface area contributed by atoms with Gasteiger partial charge in [-0.3, -0.25) is 0 Å². The summed E-state index contributed by atoms with van der Waals surface area (Å²) in [7, 11) is -3.43. The Bertz CT molecular complexity index is 1330. The van der Waals surface area contributed by atoms with Crippen molar-refractivity contribution >= 4 is 14.0 Å². The largest absolute Gasteiger partial charge is 0.537 e. The molecule has 0 fully saturated rings. The highest BCUT2D eigenvalue weighted by atomic mass is 28.4. The number of rotatable bonds is 12. The summed E-state index contributed by atoms with van der Waals surface area (Å²) in [6, 6.07) is 52.7. The van der Waals surface area contributed by atoms with E-state index in [0.717, 1.165) is 27.4 Å². The minimum Gasteiger partial charge on any atom is -0.370 e. The highest BCUT2D eigenvalue weighted by molar-refractivity contribution is 6.75. The van der Waals surface area contributed by atoms with Crippen molar-refractivity contribution in [2.75, 3.05) is 13.2 Å². The predicted molar refractivity (Wildman–Crippen MR) is 165 cm³/mol. The van der Waals surface area contributed by atoms with Crippen LogP contribution in [0.25, 0.3) is 0 Å². The van der Waals surface area contributed by atoms with E-state index in [1.165, 1.54) is 0 Å². The third-order valence-corrected chi connectivity index (χ3v) is 10.2. The molecule has 0 saturated heterocycles. The molecule has 1 unspecified atom stereocenters. The molecule has 3 nitrogen and oxygen atoms in total. The first kappa shape index (κ1) is 27.8. The molecule has 4 heteroatoms. The summed E-state index contributed by atoms with van der Waals surface area (Å²) in [6.07, 6.45) is -0.481. The van der Waals surface area contributed by atoms with Crippen molar-refractivity contribution in [1.29, 1.82) is 0 Å². The molecule has 0 saturated carbocycles. The molecule has 0 amide bonds. The molecule has 5 aromatic carbocycles. The fourth-order valence-electron chi connectivity index (χ4n) is 5.61. The molecule has 0 aliphatic carbocycles. The van der Waals surface area contributed by atoms with E-state index in [1.54, 1.807) is 0 Å². The summed E-state index contributed by atoms with van der Waals surface area (Å²) in [6.45, 7) is 4.95. The second-order valence-electron chi connectivity index (χ2n) is 9.60. The molecule has 0 spiro atoms. The van der Waals surface area contributed by atoms with Gasteiger partial charge in [-0.05, 0) is 36.1 Å². The van der Waals surface area contributed by atoms with E-state index in [-0.39, 0.29) is 0 Å². The van der Waals surface area contributed by atoms with Gasteiger partial charge in [-0.25, -0.2) is 0 Å². The van der Waals surface area contributed by atoms with E-state index in [0.29, 0.717) is 13.2 Å². The summed E-state index contributed by atoms with van der Waals surface area (Å²) in [5, 5.41) is 0.947. The molecule has 40 heavy (non-hydrogen) atoms. The lowest BCUT2D eigenvalue weighted by Crippen LogP contribution is -2.59. The van der Waals surface area contributed by atoms with Crippen molar-refractivity contribution in [3.05, 3.63) is 174 Å². The van der Waals surface area contributed by atoms with E-state index in [4.69, 9.17) is 13.3 Å². The second kappa shape index (κ2) is 13.0. The zero-order valence-corrected chi connectivity index (χ0v) is 24.2. The van der Waals surface area contributed by atoms with Gasteiger partial charge >= 0.3 is 8.80 Å². The molecule has 0 aliphatic rings. The Hall–Kier alpha value is -3.80. The Morgan fingerprint density at radius 3 is 1.23 bits per heavy atom. The maximum Gasteiger partial charge on any atom is 0.537 e. The summed E-state index contributed by atoms with van der Waals surface area (Å²) in [5.41, 5.74) is 3.72. The summed E-state index contributed by atoms with van der Waals surface area (Å²) >= 11 is 0. The van der Waals surface area contributed by atoms with Crippen LogP contribution < -0.4 is 5.19 Å². The Morgan fingerprint density at radius 1 is 0.500 bits per heavy atom. The molecule has 202 valence electrons. The van der Waals surface area contributed by atoms with E-state index in [1.807, 2.05) is 38.1 Å². The van der Waals surface area contributed by atoms with Crippen LogP contribution in [0, 0.1) is 0 Å². The zero-order chi connectivity index (χ0) is 27.7. The van der Waals surface area contributed by atoms with Crippen molar-refractivity contribution in [2.24, 2.45) is 0 Å². The van der Waals surface area contributed by atoms with Gasteiger partial charge in [-0.2, -0.15) is 0 Å². The fraction of sp³-hybridized carbons (Fsp3) is 0.167. The van der Waals surface area contributed by atoms with Crippen molar-refractivity contribution in [1.82, 2.24) is 0 Å². The second-order valence-corrected chi connectivity index (χ2v) is 12.1. The fourth-order valence-corrected chi connectivity index (χ4v) is 8.29. The Morgan fingerprint density at radius 2 is 0.850 bits per heavy atom. The molecule has 1 atom stereocenters. The van der Waals surface area contributed by atoms with Crippen LogP contribution in [0.5, 0.6) is 0 Å². The van der Waals surface area contributed by atoms with Crippen LogP contribution in [0.2, 0.25) is 0 Å². The third-order valence-electron chi connectivity index (χ3n) is 7.25. The number of hydrogen-bond acceptors (Lipinski definition) is 3. The molecule has 0 aliphatic heterocycles. The van der Waals surface area contributed by atoms with Gasteiger partial charge in [0.1, 0.15) is 0 Å². The minimum absolute atomic E-state index is 0.470. The first-order valence-corrected chi connectivity index (χ1v) is 15.7. The van der Waals surface area contributed by atoms with Crippen molar-refractivity contribution < 1.29 is 13.3 Å². The van der Waals surface area contributed by atoms with Crippen LogP contribution in [-0.2, 0) is 18.7 Å². The standard InChI is InChI=1S/C36H36O3Si/c1-3-37-40(38-4-2,34-28-18-9-19-29-34)39-35(30-20-10-5-11-21-30)36(31-22-12-6-13-23-31,32-24-14-7-15-25-32)33-26-16-8-17-27-33/h5-29,35H,3-4H2,1-2H3. The molecule has 0 N–H and O–H groups in total. The van der Waals surface area contributed by atoms with E-state index in [9.17, 15) is 0 Å². The third kappa shape index (κ3) is 5.44. The maximum atomic E-state index is 7.51. The van der Waals surface area contributed by atoms with Gasteiger partial charge in [-0.15, -0.1) is 0 Å². The van der Waals surface area contributed by atoms with Crippen molar-refractivity contribution in [3.8, 4) is 0 Å². The monoisotopic (exact) mass is 544 g/mol. The van der Waals surface area contributed by atoms with Gasteiger partial charge in [0.25, 0.3) is 0 Å². The first-order valence-electron chi connectivity index (χ1n) is 14.0.